The van der Waals surface area contributed by atoms with E-state index >= 15 is 0 Å². The third kappa shape index (κ3) is 4.51. The van der Waals surface area contributed by atoms with Gasteiger partial charge in [0.2, 0.25) is 5.91 Å². The van der Waals surface area contributed by atoms with Crippen molar-refractivity contribution >= 4 is 16.7 Å². The number of rotatable bonds is 3. The zero-order chi connectivity index (χ0) is 8.85. The molecule has 0 saturated carbocycles. The summed E-state index contributed by atoms with van der Waals surface area (Å²) < 4.78 is 10.8. The average Bonchev–Trinajstić information content (AvgIpc) is 1.87. The maximum Gasteiger partial charge on any atom is 0.234 e. The molecule has 0 aliphatic rings. The molecule has 0 rings (SSSR count). The van der Waals surface area contributed by atoms with Gasteiger partial charge in [0.25, 0.3) is 0 Å². The quantitative estimate of drug-likeness (QED) is 0.571. The lowest BCUT2D eigenvalue weighted by Crippen LogP contribution is -2.27. The monoisotopic (exact) mass is 174 g/mol. The summed E-state index contributed by atoms with van der Waals surface area (Å²) in [6.07, 6.45) is 0. The summed E-state index contributed by atoms with van der Waals surface area (Å²) >= 11 is 0. The lowest BCUT2D eigenvalue weighted by Gasteiger charge is -2.07. The number of carbonyl (C=O) groups excluding carboxylic acids is 1. The Morgan fingerprint density at radius 3 is 2.55 bits per heavy atom. The van der Waals surface area contributed by atoms with Crippen LogP contribution in [0.25, 0.3) is 0 Å². The van der Waals surface area contributed by atoms with Crippen LogP contribution < -0.4 is 0 Å². The van der Waals surface area contributed by atoms with Crippen molar-refractivity contribution in [2.24, 2.45) is 0 Å². The van der Waals surface area contributed by atoms with Crippen LogP contribution in [-0.2, 0) is 15.6 Å². The molecule has 0 aromatic carbocycles. The van der Waals surface area contributed by atoms with Gasteiger partial charge in [0.15, 0.2) is 0 Å². The molecular formula is C6H10N2O2S. The summed E-state index contributed by atoms with van der Waals surface area (Å²) in [5.41, 5.74) is 0. The minimum atomic E-state index is -1.32. The molecule has 11 heavy (non-hydrogen) atoms. The van der Waals surface area contributed by atoms with Crippen LogP contribution in [0.4, 0.5) is 0 Å². The molecule has 0 saturated heterocycles. The van der Waals surface area contributed by atoms with E-state index in [9.17, 15) is 9.00 Å². The number of carbonyl (C=O) groups is 1. The van der Waals surface area contributed by atoms with Crippen molar-refractivity contribution in [3.8, 4) is 6.07 Å². The van der Waals surface area contributed by atoms with E-state index in [1.54, 1.807) is 20.2 Å². The Morgan fingerprint density at radius 1 is 1.64 bits per heavy atom. The number of nitriles is 1. The van der Waals surface area contributed by atoms with Crippen molar-refractivity contribution in [2.45, 2.75) is 0 Å². The smallest absolute Gasteiger partial charge is 0.234 e. The van der Waals surface area contributed by atoms with Crippen molar-refractivity contribution in [3.05, 3.63) is 0 Å². The van der Waals surface area contributed by atoms with E-state index in [1.165, 1.54) is 4.90 Å². The highest BCUT2D eigenvalue weighted by atomic mass is 32.2. The lowest BCUT2D eigenvalue weighted by molar-refractivity contribution is -0.125. The maximum absolute atomic E-state index is 10.9. The third-order valence-electron chi connectivity index (χ3n) is 1.01. The van der Waals surface area contributed by atoms with Crippen molar-refractivity contribution in [2.75, 3.05) is 25.6 Å². The first-order valence-electron chi connectivity index (χ1n) is 3.00. The van der Waals surface area contributed by atoms with Gasteiger partial charge in [-0.1, -0.05) is 0 Å². The first-order valence-corrected chi connectivity index (χ1v) is 4.48. The number of hydrogen-bond acceptors (Lipinski definition) is 3. The predicted molar refractivity (Wildman–Crippen MR) is 42.2 cm³/mol. The zero-order valence-electron chi connectivity index (χ0n) is 6.53. The first kappa shape index (κ1) is 10.1. The molecule has 62 valence electrons. The lowest BCUT2D eigenvalue weighted by atomic mass is 10.6. The van der Waals surface area contributed by atoms with Crippen molar-refractivity contribution in [1.29, 1.82) is 5.26 Å². The third-order valence-corrected chi connectivity index (χ3v) is 2.03. The Bertz CT molecular complexity index is 207. The van der Waals surface area contributed by atoms with Crippen LogP contribution in [0.5, 0.6) is 0 Å². The van der Waals surface area contributed by atoms with Gasteiger partial charge in [-0.2, -0.15) is 5.26 Å². The summed E-state index contributed by atoms with van der Waals surface area (Å²) in [5, 5.41) is 8.12. The zero-order valence-corrected chi connectivity index (χ0v) is 7.35. The van der Waals surface area contributed by atoms with Crippen LogP contribution in [0.3, 0.4) is 0 Å². The molecule has 1 atom stereocenters. The molecule has 1 amide bonds. The van der Waals surface area contributed by atoms with E-state index in [4.69, 9.17) is 5.26 Å². The molecule has 0 aliphatic heterocycles. The van der Waals surface area contributed by atoms with Gasteiger partial charge in [-0.3, -0.25) is 9.00 Å². The van der Waals surface area contributed by atoms with Crippen molar-refractivity contribution in [1.82, 2.24) is 4.90 Å². The van der Waals surface area contributed by atoms with Crippen LogP contribution in [0.1, 0.15) is 0 Å². The molecule has 4 nitrogen and oxygen atoms in total. The van der Waals surface area contributed by atoms with E-state index in [1.807, 2.05) is 0 Å². The van der Waals surface area contributed by atoms with Crippen LogP contribution >= 0.6 is 0 Å². The summed E-state index contributed by atoms with van der Waals surface area (Å²) in [6.45, 7) is 0. The SMILES string of the molecule is CN(C)C(=O)CS(=O)CC#N. The fourth-order valence-corrected chi connectivity index (χ4v) is 1.17. The standard InChI is InChI=1S/C6H10N2O2S/c1-8(2)6(9)5-11(10)4-3-7/h4-5H2,1-2H3. The molecule has 0 radical (unpaired) electrons. The molecule has 0 bridgehead atoms. The van der Waals surface area contributed by atoms with Crippen molar-refractivity contribution in [3.63, 3.8) is 0 Å². The Hall–Kier alpha value is -0.890. The van der Waals surface area contributed by atoms with E-state index in [2.05, 4.69) is 0 Å². The van der Waals surface area contributed by atoms with Crippen LogP contribution in [0.2, 0.25) is 0 Å². The largest absolute Gasteiger partial charge is 0.348 e. The van der Waals surface area contributed by atoms with Gasteiger partial charge in [0, 0.05) is 24.9 Å². The van der Waals surface area contributed by atoms with Gasteiger partial charge in [-0.25, -0.2) is 0 Å². The van der Waals surface area contributed by atoms with Gasteiger partial charge in [-0.05, 0) is 0 Å². The highest BCUT2D eigenvalue weighted by Gasteiger charge is 2.08. The van der Waals surface area contributed by atoms with Gasteiger partial charge >= 0.3 is 0 Å². The highest BCUT2D eigenvalue weighted by Crippen LogP contribution is 1.85. The molecule has 0 N–H and O–H groups in total. The molecule has 1 unspecified atom stereocenters. The van der Waals surface area contributed by atoms with E-state index in [0.29, 0.717) is 0 Å². The van der Waals surface area contributed by atoms with E-state index in [0.717, 1.165) is 0 Å². The topological polar surface area (TPSA) is 61.2 Å². The molecule has 0 aliphatic carbocycles. The number of hydrogen-bond donors (Lipinski definition) is 0. The number of nitrogens with zero attached hydrogens (tertiary/aromatic N) is 2. The molecule has 0 fully saturated rings. The molecule has 0 heterocycles. The Labute approximate surface area is 68.3 Å². The van der Waals surface area contributed by atoms with Gasteiger partial charge in [-0.15, -0.1) is 0 Å². The summed E-state index contributed by atoms with van der Waals surface area (Å²) in [6, 6.07) is 1.74. The van der Waals surface area contributed by atoms with Gasteiger partial charge in [0.05, 0.1) is 6.07 Å². The second kappa shape index (κ2) is 4.85. The summed E-state index contributed by atoms with van der Waals surface area (Å²) in [4.78, 5) is 12.2. The first-order chi connectivity index (χ1) is 5.07. The molecule has 0 aromatic heterocycles. The molecule has 5 heteroatoms. The van der Waals surface area contributed by atoms with Crippen LogP contribution in [-0.4, -0.2) is 40.6 Å². The molecule has 0 aromatic rings. The van der Waals surface area contributed by atoms with E-state index in [-0.39, 0.29) is 17.4 Å². The summed E-state index contributed by atoms with van der Waals surface area (Å²) in [7, 11) is 1.86. The number of amides is 1. The molecular weight excluding hydrogens is 164 g/mol. The Morgan fingerprint density at radius 2 is 2.18 bits per heavy atom. The normalized spacial score (nSPS) is 11.7. The fraction of sp³-hybridized carbons (Fsp3) is 0.667. The summed E-state index contributed by atoms with van der Waals surface area (Å²) in [5.74, 6) is -0.335. The Kier molecular flexibility index (Phi) is 4.46. The average molecular weight is 174 g/mol. The second-order valence-corrected chi connectivity index (χ2v) is 3.63. The second-order valence-electron chi connectivity index (χ2n) is 2.17. The molecule has 0 spiro atoms. The van der Waals surface area contributed by atoms with Gasteiger partial charge in [0.1, 0.15) is 11.5 Å². The van der Waals surface area contributed by atoms with E-state index < -0.39 is 10.8 Å². The van der Waals surface area contributed by atoms with Gasteiger partial charge < -0.3 is 4.90 Å². The fourth-order valence-electron chi connectivity index (χ4n) is 0.390. The van der Waals surface area contributed by atoms with Crippen molar-refractivity contribution < 1.29 is 9.00 Å². The Balaban J connectivity index is 3.78. The minimum Gasteiger partial charge on any atom is -0.348 e. The highest BCUT2D eigenvalue weighted by molar-refractivity contribution is 7.85. The minimum absolute atomic E-state index is 0.0550. The van der Waals surface area contributed by atoms with Crippen LogP contribution in [0, 0.1) is 11.3 Å². The van der Waals surface area contributed by atoms with Crippen LogP contribution in [0.15, 0.2) is 0 Å². The maximum atomic E-state index is 10.9. The predicted octanol–water partition coefficient (Wildman–Crippen LogP) is -0.653.